The average molecular weight is 343 g/mol. The van der Waals surface area contributed by atoms with E-state index >= 15 is 0 Å². The van der Waals surface area contributed by atoms with Crippen LogP contribution < -0.4 is 0 Å². The van der Waals surface area contributed by atoms with Gasteiger partial charge in [-0.2, -0.15) is 0 Å². The number of ketones is 1. The van der Waals surface area contributed by atoms with Crippen molar-refractivity contribution in [3.8, 4) is 11.3 Å². The van der Waals surface area contributed by atoms with Crippen molar-refractivity contribution in [1.82, 2.24) is 9.38 Å². The molecule has 6 nitrogen and oxygen atoms in total. The van der Waals surface area contributed by atoms with Gasteiger partial charge in [0.05, 0.1) is 4.92 Å². The van der Waals surface area contributed by atoms with Gasteiger partial charge in [-0.05, 0) is 24.3 Å². The second-order valence-corrected chi connectivity index (χ2v) is 5.74. The highest BCUT2D eigenvalue weighted by atomic mass is 16.6. The van der Waals surface area contributed by atoms with Crippen LogP contribution in [0.25, 0.3) is 16.9 Å². The molecule has 0 amide bonds. The molecule has 2 aromatic carbocycles. The van der Waals surface area contributed by atoms with Crippen LogP contribution in [-0.2, 0) is 0 Å². The van der Waals surface area contributed by atoms with E-state index in [1.807, 2.05) is 48.5 Å². The van der Waals surface area contributed by atoms with Crippen molar-refractivity contribution in [2.24, 2.45) is 0 Å². The Morgan fingerprint density at radius 2 is 1.62 bits per heavy atom. The normalized spacial score (nSPS) is 10.8. The van der Waals surface area contributed by atoms with E-state index in [1.165, 1.54) is 24.3 Å². The fourth-order valence-corrected chi connectivity index (χ4v) is 2.88. The van der Waals surface area contributed by atoms with Gasteiger partial charge in [-0.15, -0.1) is 0 Å². The van der Waals surface area contributed by atoms with Crippen LogP contribution in [0.4, 0.5) is 5.69 Å². The van der Waals surface area contributed by atoms with Crippen LogP contribution in [0.1, 0.15) is 16.1 Å². The van der Waals surface area contributed by atoms with Crippen LogP contribution in [0.15, 0.2) is 79.0 Å². The molecule has 26 heavy (non-hydrogen) atoms. The van der Waals surface area contributed by atoms with Gasteiger partial charge in [-0.1, -0.05) is 36.4 Å². The summed E-state index contributed by atoms with van der Waals surface area (Å²) in [6.45, 7) is 0. The smallest absolute Gasteiger partial charge is 0.269 e. The highest BCUT2D eigenvalue weighted by Crippen LogP contribution is 2.27. The minimum atomic E-state index is -0.488. The predicted molar refractivity (Wildman–Crippen MR) is 97.2 cm³/mol. The Morgan fingerprint density at radius 1 is 0.923 bits per heavy atom. The quantitative estimate of drug-likeness (QED) is 0.317. The first-order valence-corrected chi connectivity index (χ1v) is 7.97. The molecule has 6 heteroatoms. The van der Waals surface area contributed by atoms with E-state index in [0.29, 0.717) is 22.6 Å². The molecule has 126 valence electrons. The topological polar surface area (TPSA) is 77.5 Å². The van der Waals surface area contributed by atoms with Crippen LogP contribution in [-0.4, -0.2) is 20.1 Å². The third kappa shape index (κ3) is 2.63. The summed E-state index contributed by atoms with van der Waals surface area (Å²) in [5.74, 6) is -0.238. The zero-order valence-electron chi connectivity index (χ0n) is 13.6. The van der Waals surface area contributed by atoms with Crippen LogP contribution in [0.3, 0.4) is 0 Å². The average Bonchev–Trinajstić information content (AvgIpc) is 3.08. The summed E-state index contributed by atoms with van der Waals surface area (Å²) in [4.78, 5) is 28.1. The lowest BCUT2D eigenvalue weighted by Gasteiger charge is -2.05. The molecule has 0 spiro atoms. The monoisotopic (exact) mass is 343 g/mol. The van der Waals surface area contributed by atoms with Gasteiger partial charge in [0.15, 0.2) is 0 Å². The van der Waals surface area contributed by atoms with E-state index < -0.39 is 4.92 Å². The molecule has 4 aromatic rings. The predicted octanol–water partition coefficient (Wildman–Crippen LogP) is 4.14. The summed E-state index contributed by atoms with van der Waals surface area (Å²) in [5.41, 5.74) is 2.83. The van der Waals surface area contributed by atoms with E-state index in [4.69, 9.17) is 0 Å². The number of rotatable bonds is 4. The third-order valence-corrected chi connectivity index (χ3v) is 4.13. The number of nitrogens with zero attached hydrogens (tertiary/aromatic N) is 3. The summed E-state index contributed by atoms with van der Waals surface area (Å²) >= 11 is 0. The molecular weight excluding hydrogens is 330 g/mol. The second-order valence-electron chi connectivity index (χ2n) is 5.74. The number of pyridine rings is 1. The summed E-state index contributed by atoms with van der Waals surface area (Å²) in [5, 5.41) is 10.8. The van der Waals surface area contributed by atoms with Crippen molar-refractivity contribution >= 4 is 17.1 Å². The fourth-order valence-electron chi connectivity index (χ4n) is 2.88. The van der Waals surface area contributed by atoms with Gasteiger partial charge in [0, 0.05) is 29.5 Å². The lowest BCUT2D eigenvalue weighted by atomic mass is 10.0. The number of benzene rings is 2. The molecule has 0 aliphatic carbocycles. The SMILES string of the molecule is O=C(c1ccc([N+](=O)[O-])cc1)c1c(-c2ccccc2)nc2ccccn12. The molecule has 0 saturated carbocycles. The Kier molecular flexibility index (Phi) is 3.78. The number of nitro benzene ring substituents is 1. The molecule has 2 aromatic heterocycles. The van der Waals surface area contributed by atoms with Gasteiger partial charge in [0.25, 0.3) is 5.69 Å². The van der Waals surface area contributed by atoms with Gasteiger partial charge in [-0.3, -0.25) is 19.3 Å². The van der Waals surface area contributed by atoms with Gasteiger partial charge >= 0.3 is 0 Å². The second kappa shape index (κ2) is 6.25. The minimum absolute atomic E-state index is 0.0528. The molecule has 0 bridgehead atoms. The molecule has 0 aliphatic heterocycles. The minimum Gasteiger partial charge on any atom is -0.296 e. The molecule has 0 atom stereocenters. The molecule has 4 rings (SSSR count). The standard InChI is InChI=1S/C20H13N3O3/c24-20(15-9-11-16(12-10-15)23(25)26)19-18(14-6-2-1-3-7-14)21-17-8-4-5-13-22(17)19/h1-13H. The van der Waals surface area contributed by atoms with Gasteiger partial charge < -0.3 is 0 Å². The molecule has 2 heterocycles. The molecular formula is C20H13N3O3. The van der Waals surface area contributed by atoms with Crippen molar-refractivity contribution in [2.45, 2.75) is 0 Å². The van der Waals surface area contributed by atoms with E-state index in [2.05, 4.69) is 4.98 Å². The summed E-state index contributed by atoms with van der Waals surface area (Å²) in [7, 11) is 0. The first-order chi connectivity index (χ1) is 12.6. The van der Waals surface area contributed by atoms with Crippen molar-refractivity contribution in [2.75, 3.05) is 0 Å². The number of imidazole rings is 1. The zero-order valence-corrected chi connectivity index (χ0v) is 13.6. The summed E-state index contributed by atoms with van der Waals surface area (Å²) < 4.78 is 1.74. The Labute approximate surface area is 148 Å². The van der Waals surface area contributed by atoms with Gasteiger partial charge in [0.1, 0.15) is 17.0 Å². The van der Waals surface area contributed by atoms with Crippen molar-refractivity contribution in [1.29, 1.82) is 0 Å². The Morgan fingerprint density at radius 3 is 2.31 bits per heavy atom. The Bertz CT molecular complexity index is 1120. The first kappa shape index (κ1) is 15.7. The summed E-state index contributed by atoms with van der Waals surface area (Å²) in [6.07, 6.45) is 1.79. The molecule has 0 radical (unpaired) electrons. The number of aromatic nitrogens is 2. The van der Waals surface area contributed by atoms with E-state index in [1.54, 1.807) is 10.6 Å². The van der Waals surface area contributed by atoms with Gasteiger partial charge in [-0.25, -0.2) is 4.98 Å². The number of carbonyl (C=O) groups is 1. The van der Waals surface area contributed by atoms with Crippen LogP contribution in [0.2, 0.25) is 0 Å². The summed E-state index contributed by atoms with van der Waals surface area (Å²) in [6, 6.07) is 20.6. The number of hydrogen-bond donors (Lipinski definition) is 0. The van der Waals surface area contributed by atoms with E-state index in [9.17, 15) is 14.9 Å². The highest BCUT2D eigenvalue weighted by Gasteiger charge is 2.22. The Balaban J connectivity index is 1.89. The van der Waals surface area contributed by atoms with Crippen molar-refractivity contribution in [3.05, 3.63) is 100 Å². The van der Waals surface area contributed by atoms with Crippen LogP contribution in [0.5, 0.6) is 0 Å². The largest absolute Gasteiger partial charge is 0.296 e. The lowest BCUT2D eigenvalue weighted by Crippen LogP contribution is -2.07. The van der Waals surface area contributed by atoms with E-state index in [0.717, 1.165) is 5.56 Å². The highest BCUT2D eigenvalue weighted by molar-refractivity contribution is 6.12. The lowest BCUT2D eigenvalue weighted by molar-refractivity contribution is -0.384. The molecule has 0 fully saturated rings. The number of fused-ring (bicyclic) bond motifs is 1. The van der Waals surface area contributed by atoms with E-state index in [-0.39, 0.29) is 11.5 Å². The van der Waals surface area contributed by atoms with Gasteiger partial charge in [0.2, 0.25) is 5.78 Å². The number of carbonyl (C=O) groups excluding carboxylic acids is 1. The first-order valence-electron chi connectivity index (χ1n) is 7.97. The molecule has 0 aliphatic rings. The fraction of sp³-hybridized carbons (Fsp3) is 0. The number of non-ortho nitro benzene ring substituents is 1. The maximum atomic E-state index is 13.2. The Hall–Kier alpha value is -3.80. The van der Waals surface area contributed by atoms with Crippen LogP contribution in [0, 0.1) is 10.1 Å². The molecule has 0 N–H and O–H groups in total. The van der Waals surface area contributed by atoms with Crippen molar-refractivity contribution in [3.63, 3.8) is 0 Å². The maximum absolute atomic E-state index is 13.2. The van der Waals surface area contributed by atoms with Crippen LogP contribution >= 0.6 is 0 Å². The third-order valence-electron chi connectivity index (χ3n) is 4.13. The zero-order chi connectivity index (χ0) is 18.1. The van der Waals surface area contributed by atoms with Crippen molar-refractivity contribution < 1.29 is 9.72 Å². The maximum Gasteiger partial charge on any atom is 0.269 e. The number of nitro groups is 1. The molecule has 0 unspecified atom stereocenters. The molecule has 0 saturated heterocycles. The number of hydrogen-bond acceptors (Lipinski definition) is 4.